The topological polar surface area (TPSA) is 42.2 Å². The molecule has 16 heavy (non-hydrogen) atoms. The van der Waals surface area contributed by atoms with E-state index in [0.717, 1.165) is 19.4 Å². The van der Waals surface area contributed by atoms with Crippen molar-refractivity contribution in [1.29, 1.82) is 5.26 Å². The van der Waals surface area contributed by atoms with Crippen molar-refractivity contribution >= 4 is 0 Å². The van der Waals surface area contributed by atoms with Crippen LogP contribution in [-0.2, 0) is 4.74 Å². The van der Waals surface area contributed by atoms with E-state index in [1.807, 2.05) is 0 Å². The second kappa shape index (κ2) is 4.95. The molecule has 0 spiro atoms. The summed E-state index contributed by atoms with van der Waals surface area (Å²) in [6.07, 6.45) is 1.87. The first-order valence-corrected chi connectivity index (χ1v) is 5.23. The molecule has 1 atom stereocenters. The molecule has 1 unspecified atom stereocenters. The van der Waals surface area contributed by atoms with Crippen LogP contribution in [0.2, 0.25) is 0 Å². The number of ether oxygens (including phenoxy) is 2. The number of rotatable bonds is 2. The van der Waals surface area contributed by atoms with Crippen molar-refractivity contribution in [3.05, 3.63) is 29.6 Å². The molecule has 0 radical (unpaired) electrons. The first-order valence-electron chi connectivity index (χ1n) is 5.23. The standard InChI is InChI=1S/C12H12FNO2/c13-12-6-10(4-3-9(12)7-14)16-11-2-1-5-15-8-11/h3-4,6,11H,1-2,5,8H2. The summed E-state index contributed by atoms with van der Waals surface area (Å²) < 4.78 is 24.1. The fraction of sp³-hybridized carbons (Fsp3) is 0.417. The van der Waals surface area contributed by atoms with E-state index >= 15 is 0 Å². The van der Waals surface area contributed by atoms with Crippen LogP contribution in [0.15, 0.2) is 18.2 Å². The Hall–Kier alpha value is -1.60. The number of nitriles is 1. The molecule has 1 aromatic rings. The highest BCUT2D eigenvalue weighted by molar-refractivity contribution is 5.36. The average Bonchev–Trinajstić information content (AvgIpc) is 2.31. The van der Waals surface area contributed by atoms with Gasteiger partial charge in [-0.2, -0.15) is 5.26 Å². The summed E-state index contributed by atoms with van der Waals surface area (Å²) in [5, 5.41) is 8.58. The summed E-state index contributed by atoms with van der Waals surface area (Å²) in [5.41, 5.74) is 0.0345. The van der Waals surface area contributed by atoms with Crippen molar-refractivity contribution in [3.8, 4) is 11.8 Å². The Balaban J connectivity index is 2.04. The van der Waals surface area contributed by atoms with E-state index in [-0.39, 0.29) is 11.7 Å². The highest BCUT2D eigenvalue weighted by Gasteiger charge is 2.15. The zero-order valence-electron chi connectivity index (χ0n) is 8.78. The third kappa shape index (κ3) is 2.50. The van der Waals surface area contributed by atoms with Gasteiger partial charge in [0.1, 0.15) is 23.7 Å². The molecule has 1 saturated heterocycles. The van der Waals surface area contributed by atoms with E-state index in [0.29, 0.717) is 12.4 Å². The fourth-order valence-electron chi connectivity index (χ4n) is 1.66. The van der Waals surface area contributed by atoms with Gasteiger partial charge in [-0.05, 0) is 25.0 Å². The SMILES string of the molecule is N#Cc1ccc(OC2CCCOC2)cc1F. The molecular weight excluding hydrogens is 209 g/mol. The van der Waals surface area contributed by atoms with Crippen molar-refractivity contribution in [2.24, 2.45) is 0 Å². The van der Waals surface area contributed by atoms with E-state index < -0.39 is 5.82 Å². The minimum absolute atomic E-state index is 0.0129. The van der Waals surface area contributed by atoms with E-state index in [9.17, 15) is 4.39 Å². The van der Waals surface area contributed by atoms with Crippen LogP contribution in [0.1, 0.15) is 18.4 Å². The monoisotopic (exact) mass is 221 g/mol. The largest absolute Gasteiger partial charge is 0.488 e. The summed E-state index contributed by atoms with van der Waals surface area (Å²) in [7, 11) is 0. The van der Waals surface area contributed by atoms with Crippen LogP contribution in [-0.4, -0.2) is 19.3 Å². The lowest BCUT2D eigenvalue weighted by Gasteiger charge is -2.23. The number of benzene rings is 1. The minimum atomic E-state index is -0.545. The smallest absolute Gasteiger partial charge is 0.144 e. The maximum atomic E-state index is 13.3. The number of nitrogens with zero attached hydrogens (tertiary/aromatic N) is 1. The van der Waals surface area contributed by atoms with Gasteiger partial charge in [0.2, 0.25) is 0 Å². The molecule has 1 aromatic carbocycles. The van der Waals surface area contributed by atoms with Gasteiger partial charge in [0, 0.05) is 12.7 Å². The van der Waals surface area contributed by atoms with E-state index in [1.165, 1.54) is 12.1 Å². The molecule has 84 valence electrons. The van der Waals surface area contributed by atoms with Crippen molar-refractivity contribution < 1.29 is 13.9 Å². The van der Waals surface area contributed by atoms with Crippen LogP contribution in [0.4, 0.5) is 4.39 Å². The van der Waals surface area contributed by atoms with Gasteiger partial charge >= 0.3 is 0 Å². The van der Waals surface area contributed by atoms with E-state index in [1.54, 1.807) is 12.1 Å². The van der Waals surface area contributed by atoms with Crippen molar-refractivity contribution in [3.63, 3.8) is 0 Å². The molecule has 3 nitrogen and oxygen atoms in total. The van der Waals surface area contributed by atoms with Gasteiger partial charge in [-0.15, -0.1) is 0 Å². The molecular formula is C12H12FNO2. The van der Waals surface area contributed by atoms with Crippen LogP contribution >= 0.6 is 0 Å². The Morgan fingerprint density at radius 1 is 1.50 bits per heavy atom. The van der Waals surface area contributed by atoms with Crippen LogP contribution in [0.25, 0.3) is 0 Å². The Kier molecular flexibility index (Phi) is 3.37. The quantitative estimate of drug-likeness (QED) is 0.769. The van der Waals surface area contributed by atoms with Gasteiger partial charge in [-0.3, -0.25) is 0 Å². The molecule has 0 amide bonds. The van der Waals surface area contributed by atoms with Crippen LogP contribution in [0.5, 0.6) is 5.75 Å². The third-order valence-electron chi connectivity index (χ3n) is 2.48. The minimum Gasteiger partial charge on any atom is -0.488 e. The highest BCUT2D eigenvalue weighted by Crippen LogP contribution is 2.20. The van der Waals surface area contributed by atoms with Crippen molar-refractivity contribution in [1.82, 2.24) is 0 Å². The summed E-state index contributed by atoms with van der Waals surface area (Å²) in [6.45, 7) is 1.31. The Morgan fingerprint density at radius 3 is 3.00 bits per heavy atom. The zero-order chi connectivity index (χ0) is 11.4. The maximum absolute atomic E-state index is 13.3. The highest BCUT2D eigenvalue weighted by atomic mass is 19.1. The fourth-order valence-corrected chi connectivity index (χ4v) is 1.66. The lowest BCUT2D eigenvalue weighted by Crippen LogP contribution is -2.28. The van der Waals surface area contributed by atoms with Crippen molar-refractivity contribution in [2.75, 3.05) is 13.2 Å². The zero-order valence-corrected chi connectivity index (χ0v) is 8.78. The average molecular weight is 221 g/mol. The molecule has 4 heteroatoms. The molecule has 2 rings (SSSR count). The van der Waals surface area contributed by atoms with Crippen LogP contribution in [0, 0.1) is 17.1 Å². The Labute approximate surface area is 93.4 Å². The summed E-state index contributed by atoms with van der Waals surface area (Å²) >= 11 is 0. The molecule has 0 bridgehead atoms. The summed E-state index contributed by atoms with van der Waals surface area (Å²) in [4.78, 5) is 0. The second-order valence-corrected chi connectivity index (χ2v) is 3.71. The number of halogens is 1. The predicted molar refractivity (Wildman–Crippen MR) is 55.6 cm³/mol. The first-order chi connectivity index (χ1) is 7.79. The lowest BCUT2D eigenvalue weighted by atomic mass is 10.1. The Morgan fingerprint density at radius 2 is 2.38 bits per heavy atom. The van der Waals surface area contributed by atoms with Gasteiger partial charge in [0.25, 0.3) is 0 Å². The van der Waals surface area contributed by atoms with Crippen LogP contribution < -0.4 is 4.74 Å². The van der Waals surface area contributed by atoms with Gasteiger partial charge in [0.05, 0.1) is 12.2 Å². The molecule has 1 fully saturated rings. The van der Waals surface area contributed by atoms with E-state index in [4.69, 9.17) is 14.7 Å². The number of hydrogen-bond donors (Lipinski definition) is 0. The molecule has 0 N–H and O–H groups in total. The van der Waals surface area contributed by atoms with Gasteiger partial charge in [0.15, 0.2) is 0 Å². The predicted octanol–water partition coefficient (Wildman–Crippen LogP) is 2.26. The maximum Gasteiger partial charge on any atom is 0.144 e. The molecule has 1 heterocycles. The normalized spacial score (nSPS) is 20.1. The van der Waals surface area contributed by atoms with Gasteiger partial charge in [-0.25, -0.2) is 4.39 Å². The van der Waals surface area contributed by atoms with Gasteiger partial charge in [-0.1, -0.05) is 0 Å². The summed E-state index contributed by atoms with van der Waals surface area (Å²) in [5.74, 6) is -0.0938. The molecule has 0 aromatic heterocycles. The molecule has 1 aliphatic rings. The van der Waals surface area contributed by atoms with Gasteiger partial charge < -0.3 is 9.47 Å². The first kappa shape index (κ1) is 10.9. The Bertz CT molecular complexity index is 408. The molecule has 0 aliphatic carbocycles. The molecule has 0 saturated carbocycles. The van der Waals surface area contributed by atoms with Crippen LogP contribution in [0.3, 0.4) is 0 Å². The second-order valence-electron chi connectivity index (χ2n) is 3.71. The van der Waals surface area contributed by atoms with E-state index in [2.05, 4.69) is 0 Å². The molecule has 1 aliphatic heterocycles. The number of hydrogen-bond acceptors (Lipinski definition) is 3. The lowest BCUT2D eigenvalue weighted by molar-refractivity contribution is 0.00731. The van der Waals surface area contributed by atoms with Crippen molar-refractivity contribution in [2.45, 2.75) is 18.9 Å². The third-order valence-corrected chi connectivity index (χ3v) is 2.48. The summed E-state index contributed by atoms with van der Waals surface area (Å²) in [6, 6.07) is 6.05.